The van der Waals surface area contributed by atoms with Crippen molar-refractivity contribution in [1.29, 1.82) is 0 Å². The van der Waals surface area contributed by atoms with Crippen LogP contribution in [-0.4, -0.2) is 35.8 Å². The van der Waals surface area contributed by atoms with Gasteiger partial charge in [0.1, 0.15) is 24.8 Å². The standard InChI is InChI=1S/C10H17N5O3/c1-2-17-6-9-14-7(11)5-8(15-9)13-3-4-18-10(12)16/h5H,2-4,6H2,1H3,(H2,12,16)(H3,11,13,14,15). The quantitative estimate of drug-likeness (QED) is 0.590. The predicted octanol–water partition coefficient (Wildman–Crippen LogP) is 0.102. The largest absolute Gasteiger partial charge is 0.448 e. The van der Waals surface area contributed by atoms with Crippen LogP contribution in [0.15, 0.2) is 6.07 Å². The SMILES string of the molecule is CCOCc1nc(N)cc(NCCOC(N)=O)n1. The van der Waals surface area contributed by atoms with Gasteiger partial charge < -0.3 is 26.3 Å². The van der Waals surface area contributed by atoms with E-state index in [1.54, 1.807) is 6.07 Å². The van der Waals surface area contributed by atoms with Crippen LogP contribution in [0.25, 0.3) is 0 Å². The zero-order chi connectivity index (χ0) is 13.4. The maximum Gasteiger partial charge on any atom is 0.404 e. The van der Waals surface area contributed by atoms with Crippen LogP contribution < -0.4 is 16.8 Å². The molecule has 0 radical (unpaired) electrons. The molecule has 5 N–H and O–H groups in total. The smallest absolute Gasteiger partial charge is 0.404 e. The summed E-state index contributed by atoms with van der Waals surface area (Å²) in [4.78, 5) is 18.6. The number of primary amides is 1. The molecule has 1 heterocycles. The highest BCUT2D eigenvalue weighted by molar-refractivity contribution is 5.64. The molecule has 0 aliphatic rings. The molecule has 8 nitrogen and oxygen atoms in total. The Morgan fingerprint density at radius 3 is 2.94 bits per heavy atom. The zero-order valence-electron chi connectivity index (χ0n) is 10.2. The highest BCUT2D eigenvalue weighted by atomic mass is 16.5. The van der Waals surface area contributed by atoms with E-state index in [9.17, 15) is 4.79 Å². The van der Waals surface area contributed by atoms with E-state index in [0.717, 1.165) is 0 Å². The Hall–Kier alpha value is -2.09. The van der Waals surface area contributed by atoms with Gasteiger partial charge in [-0.15, -0.1) is 0 Å². The Labute approximate surface area is 105 Å². The van der Waals surface area contributed by atoms with Gasteiger partial charge >= 0.3 is 6.09 Å². The predicted molar refractivity (Wildman–Crippen MR) is 65.8 cm³/mol. The normalized spacial score (nSPS) is 10.1. The van der Waals surface area contributed by atoms with Crippen LogP contribution in [0.3, 0.4) is 0 Å². The van der Waals surface area contributed by atoms with Gasteiger partial charge in [0.05, 0.1) is 6.54 Å². The number of nitrogen functional groups attached to an aromatic ring is 1. The van der Waals surface area contributed by atoms with Crippen molar-refractivity contribution in [1.82, 2.24) is 9.97 Å². The van der Waals surface area contributed by atoms with Gasteiger partial charge in [-0.05, 0) is 6.92 Å². The summed E-state index contributed by atoms with van der Waals surface area (Å²) < 4.78 is 9.76. The molecule has 0 aliphatic heterocycles. The molecule has 0 aliphatic carbocycles. The summed E-state index contributed by atoms with van der Waals surface area (Å²) >= 11 is 0. The van der Waals surface area contributed by atoms with Crippen molar-refractivity contribution in [3.8, 4) is 0 Å². The topological polar surface area (TPSA) is 125 Å². The Morgan fingerprint density at radius 2 is 2.28 bits per heavy atom. The molecule has 1 rings (SSSR count). The zero-order valence-corrected chi connectivity index (χ0v) is 10.2. The summed E-state index contributed by atoms with van der Waals surface area (Å²) in [7, 11) is 0. The molecular formula is C10H17N5O3. The second-order valence-electron chi connectivity index (χ2n) is 3.33. The van der Waals surface area contributed by atoms with Crippen LogP contribution >= 0.6 is 0 Å². The van der Waals surface area contributed by atoms with E-state index >= 15 is 0 Å². The first kappa shape index (κ1) is 14.0. The van der Waals surface area contributed by atoms with E-state index in [1.165, 1.54) is 0 Å². The van der Waals surface area contributed by atoms with Crippen LogP contribution in [0, 0.1) is 0 Å². The van der Waals surface area contributed by atoms with E-state index in [4.69, 9.17) is 16.2 Å². The van der Waals surface area contributed by atoms with Crippen molar-refractivity contribution in [3.63, 3.8) is 0 Å². The Balaban J connectivity index is 2.48. The number of rotatable bonds is 7. The minimum atomic E-state index is -0.809. The van der Waals surface area contributed by atoms with E-state index in [0.29, 0.717) is 37.2 Å². The van der Waals surface area contributed by atoms with Gasteiger partial charge in [-0.3, -0.25) is 0 Å². The molecule has 18 heavy (non-hydrogen) atoms. The first-order valence-corrected chi connectivity index (χ1v) is 5.49. The molecule has 1 aromatic rings. The van der Waals surface area contributed by atoms with Gasteiger partial charge in [-0.2, -0.15) is 0 Å². The summed E-state index contributed by atoms with van der Waals surface area (Å²) in [5, 5.41) is 2.94. The number of nitrogens with zero attached hydrogens (tertiary/aromatic N) is 2. The molecule has 0 saturated carbocycles. The summed E-state index contributed by atoms with van der Waals surface area (Å²) in [6.45, 7) is 3.29. The van der Waals surface area contributed by atoms with Crippen LogP contribution in [0.1, 0.15) is 12.7 Å². The second kappa shape index (κ2) is 7.28. The highest BCUT2D eigenvalue weighted by Crippen LogP contribution is 2.08. The molecule has 0 spiro atoms. The third-order valence-corrected chi connectivity index (χ3v) is 1.88. The molecule has 0 fully saturated rings. The lowest BCUT2D eigenvalue weighted by atomic mass is 10.5. The van der Waals surface area contributed by atoms with Crippen LogP contribution in [0.2, 0.25) is 0 Å². The van der Waals surface area contributed by atoms with Gasteiger partial charge in [0, 0.05) is 12.7 Å². The Morgan fingerprint density at radius 1 is 1.50 bits per heavy atom. The summed E-state index contributed by atoms with van der Waals surface area (Å²) in [5.41, 5.74) is 10.5. The number of nitrogens with one attached hydrogen (secondary N) is 1. The molecular weight excluding hydrogens is 238 g/mol. The average Bonchev–Trinajstić information content (AvgIpc) is 2.31. The van der Waals surface area contributed by atoms with Gasteiger partial charge in [0.25, 0.3) is 0 Å². The van der Waals surface area contributed by atoms with Crippen molar-refractivity contribution < 1.29 is 14.3 Å². The lowest BCUT2D eigenvalue weighted by Gasteiger charge is -2.08. The number of hydrogen-bond acceptors (Lipinski definition) is 7. The maximum absolute atomic E-state index is 10.3. The van der Waals surface area contributed by atoms with Crippen molar-refractivity contribution in [2.75, 3.05) is 30.8 Å². The first-order chi connectivity index (χ1) is 8.61. The van der Waals surface area contributed by atoms with E-state index < -0.39 is 6.09 Å². The van der Waals surface area contributed by atoms with Gasteiger partial charge in [-0.1, -0.05) is 0 Å². The Kier molecular flexibility index (Phi) is 5.65. The molecule has 100 valence electrons. The van der Waals surface area contributed by atoms with E-state index in [-0.39, 0.29) is 6.61 Å². The highest BCUT2D eigenvalue weighted by Gasteiger charge is 2.03. The fourth-order valence-corrected chi connectivity index (χ4v) is 1.20. The number of ether oxygens (including phenoxy) is 2. The van der Waals surface area contributed by atoms with Gasteiger partial charge in [0.2, 0.25) is 0 Å². The average molecular weight is 255 g/mol. The van der Waals surface area contributed by atoms with Gasteiger partial charge in [-0.25, -0.2) is 14.8 Å². The summed E-state index contributed by atoms with van der Waals surface area (Å²) in [6.07, 6.45) is -0.809. The Bertz CT molecular complexity index is 399. The number of carbonyl (C=O) groups excluding carboxylic acids is 1. The second-order valence-corrected chi connectivity index (χ2v) is 3.33. The van der Waals surface area contributed by atoms with Crippen LogP contribution in [0.4, 0.5) is 16.4 Å². The third-order valence-electron chi connectivity index (χ3n) is 1.88. The fourth-order valence-electron chi connectivity index (χ4n) is 1.20. The molecule has 0 unspecified atom stereocenters. The van der Waals surface area contributed by atoms with Gasteiger partial charge in [0.15, 0.2) is 5.82 Å². The number of anilines is 2. The maximum atomic E-state index is 10.3. The number of carbonyl (C=O) groups is 1. The van der Waals surface area contributed by atoms with E-state index in [1.807, 2.05) is 6.92 Å². The summed E-state index contributed by atoms with van der Waals surface area (Å²) in [5.74, 6) is 1.39. The van der Waals surface area contributed by atoms with E-state index in [2.05, 4.69) is 20.0 Å². The fraction of sp³-hybridized carbons (Fsp3) is 0.500. The molecule has 0 atom stereocenters. The van der Waals surface area contributed by atoms with Crippen molar-refractivity contribution in [2.45, 2.75) is 13.5 Å². The monoisotopic (exact) mass is 255 g/mol. The summed E-state index contributed by atoms with van der Waals surface area (Å²) in [6, 6.07) is 1.58. The molecule has 1 aromatic heterocycles. The minimum absolute atomic E-state index is 0.153. The number of nitrogens with two attached hydrogens (primary N) is 2. The molecule has 0 aromatic carbocycles. The lowest BCUT2D eigenvalue weighted by molar-refractivity contribution is 0.128. The van der Waals surface area contributed by atoms with Crippen molar-refractivity contribution in [3.05, 3.63) is 11.9 Å². The minimum Gasteiger partial charge on any atom is -0.448 e. The van der Waals surface area contributed by atoms with Crippen molar-refractivity contribution >= 4 is 17.7 Å². The number of aromatic nitrogens is 2. The number of hydrogen-bond donors (Lipinski definition) is 3. The first-order valence-electron chi connectivity index (χ1n) is 5.49. The molecule has 1 amide bonds. The van der Waals surface area contributed by atoms with Crippen molar-refractivity contribution in [2.24, 2.45) is 5.73 Å². The van der Waals surface area contributed by atoms with Crippen LogP contribution in [-0.2, 0) is 16.1 Å². The molecule has 8 heteroatoms. The molecule has 0 saturated heterocycles. The third kappa shape index (κ3) is 5.30. The molecule has 0 bridgehead atoms. The van der Waals surface area contributed by atoms with Crippen LogP contribution in [0.5, 0.6) is 0 Å². The lowest BCUT2D eigenvalue weighted by Crippen LogP contribution is -2.19. The number of amides is 1.